The van der Waals surface area contributed by atoms with Crippen molar-refractivity contribution in [3.63, 3.8) is 0 Å². The molecule has 0 aromatic heterocycles. The highest BCUT2D eigenvalue weighted by Crippen LogP contribution is 2.28. The van der Waals surface area contributed by atoms with Crippen LogP contribution in [0.2, 0.25) is 0 Å². The standard InChI is InChI=1S/C36H38FN3O4S/c1-27-20-22-31(23-21-27)45(43,44)40(33-19-11-10-18-32(33)37)26-35(41)39(25-29-14-6-3-7-15-29)34(24-28-12-4-2-5-13-28)36(42)38-30-16-8-9-17-30/h2-7,10-15,18-23,30,34H,8-9,16-17,24-26H2,1H3,(H,38,42). The van der Waals surface area contributed by atoms with E-state index in [0.29, 0.717) is 0 Å². The maximum Gasteiger partial charge on any atom is 0.264 e. The number of nitrogens with one attached hydrogen (secondary N) is 1. The van der Waals surface area contributed by atoms with Crippen LogP contribution in [0.1, 0.15) is 42.4 Å². The minimum Gasteiger partial charge on any atom is -0.352 e. The van der Waals surface area contributed by atoms with Crippen molar-refractivity contribution in [2.24, 2.45) is 0 Å². The van der Waals surface area contributed by atoms with Crippen molar-refractivity contribution in [3.05, 3.63) is 132 Å². The second-order valence-electron chi connectivity index (χ2n) is 11.5. The number of aryl methyl sites for hydroxylation is 1. The fourth-order valence-corrected chi connectivity index (χ4v) is 7.13. The zero-order valence-electron chi connectivity index (χ0n) is 25.3. The Morgan fingerprint density at radius 2 is 1.40 bits per heavy atom. The van der Waals surface area contributed by atoms with Gasteiger partial charge in [0.2, 0.25) is 11.8 Å². The summed E-state index contributed by atoms with van der Waals surface area (Å²) in [6, 6.07) is 29.4. The molecule has 0 heterocycles. The molecule has 234 valence electrons. The Balaban J connectivity index is 1.56. The van der Waals surface area contributed by atoms with Gasteiger partial charge >= 0.3 is 0 Å². The van der Waals surface area contributed by atoms with Crippen LogP contribution in [0.5, 0.6) is 0 Å². The smallest absolute Gasteiger partial charge is 0.264 e. The zero-order chi connectivity index (χ0) is 31.8. The average Bonchev–Trinajstić information content (AvgIpc) is 3.56. The Labute approximate surface area is 264 Å². The molecule has 9 heteroatoms. The molecule has 4 aromatic carbocycles. The molecule has 5 rings (SSSR count). The fraction of sp³-hybridized carbons (Fsp3) is 0.278. The van der Waals surface area contributed by atoms with Gasteiger partial charge in [0.15, 0.2) is 0 Å². The normalized spacial score (nSPS) is 14.1. The number of hydrogen-bond donors (Lipinski definition) is 1. The fourth-order valence-electron chi connectivity index (χ4n) is 5.71. The van der Waals surface area contributed by atoms with Crippen molar-refractivity contribution in [1.82, 2.24) is 10.2 Å². The summed E-state index contributed by atoms with van der Waals surface area (Å²) in [7, 11) is -4.37. The number of anilines is 1. The summed E-state index contributed by atoms with van der Waals surface area (Å²) in [5.74, 6) is -1.70. The second kappa shape index (κ2) is 14.5. The lowest BCUT2D eigenvalue weighted by molar-refractivity contribution is -0.140. The van der Waals surface area contributed by atoms with Gasteiger partial charge in [-0.3, -0.25) is 13.9 Å². The molecule has 1 saturated carbocycles. The Kier molecular flexibility index (Phi) is 10.3. The lowest BCUT2D eigenvalue weighted by atomic mass is 10.0. The van der Waals surface area contributed by atoms with Gasteiger partial charge < -0.3 is 10.2 Å². The molecular formula is C36H38FN3O4S. The zero-order valence-corrected chi connectivity index (χ0v) is 26.1. The summed E-state index contributed by atoms with van der Waals surface area (Å²) >= 11 is 0. The van der Waals surface area contributed by atoms with Gasteiger partial charge in [-0.15, -0.1) is 0 Å². The second-order valence-corrected chi connectivity index (χ2v) is 13.3. The molecule has 1 atom stereocenters. The van der Waals surface area contributed by atoms with E-state index in [9.17, 15) is 18.0 Å². The number of hydrogen-bond acceptors (Lipinski definition) is 4. The van der Waals surface area contributed by atoms with E-state index in [2.05, 4.69) is 5.32 Å². The molecule has 0 bridgehead atoms. The number of nitrogens with zero attached hydrogens (tertiary/aromatic N) is 2. The third kappa shape index (κ3) is 7.97. The number of rotatable bonds is 12. The molecule has 45 heavy (non-hydrogen) atoms. The number of carbonyl (C=O) groups is 2. The molecule has 7 nitrogen and oxygen atoms in total. The predicted molar refractivity (Wildman–Crippen MR) is 173 cm³/mol. The molecule has 0 saturated heterocycles. The largest absolute Gasteiger partial charge is 0.352 e. The van der Waals surface area contributed by atoms with Crippen molar-refractivity contribution in [2.45, 2.75) is 62.6 Å². The van der Waals surface area contributed by atoms with Crippen molar-refractivity contribution in [1.29, 1.82) is 0 Å². The van der Waals surface area contributed by atoms with E-state index in [4.69, 9.17) is 0 Å². The van der Waals surface area contributed by atoms with Gasteiger partial charge in [-0.05, 0) is 55.2 Å². The predicted octanol–water partition coefficient (Wildman–Crippen LogP) is 6.03. The first-order valence-electron chi connectivity index (χ1n) is 15.2. The van der Waals surface area contributed by atoms with Crippen molar-refractivity contribution in [3.8, 4) is 0 Å². The SMILES string of the molecule is Cc1ccc(S(=O)(=O)N(CC(=O)N(Cc2ccccc2)C(Cc2ccccc2)C(=O)NC2CCCC2)c2ccccc2F)cc1. The number of amides is 2. The average molecular weight is 628 g/mol. The van der Waals surface area contributed by atoms with E-state index in [0.717, 1.165) is 52.7 Å². The molecule has 2 amide bonds. The first kappa shape index (κ1) is 31.9. The topological polar surface area (TPSA) is 86.8 Å². The van der Waals surface area contributed by atoms with Gasteiger partial charge in [0.25, 0.3) is 10.0 Å². The van der Waals surface area contributed by atoms with Gasteiger partial charge in [0, 0.05) is 19.0 Å². The summed E-state index contributed by atoms with van der Waals surface area (Å²) in [5.41, 5.74) is 2.24. The van der Waals surface area contributed by atoms with E-state index >= 15 is 4.39 Å². The first-order valence-corrected chi connectivity index (χ1v) is 16.7. The van der Waals surface area contributed by atoms with Crippen LogP contribution in [0.3, 0.4) is 0 Å². The lowest BCUT2D eigenvalue weighted by Crippen LogP contribution is -2.54. The molecule has 1 fully saturated rings. The van der Waals surface area contributed by atoms with Crippen LogP contribution in [0.15, 0.2) is 114 Å². The minimum atomic E-state index is -4.37. The molecular weight excluding hydrogens is 589 g/mol. The summed E-state index contributed by atoms with van der Waals surface area (Å²) in [4.78, 5) is 29.8. The maximum absolute atomic E-state index is 15.3. The lowest BCUT2D eigenvalue weighted by Gasteiger charge is -2.34. The molecule has 1 N–H and O–H groups in total. The van der Waals surface area contributed by atoms with Gasteiger partial charge in [0.1, 0.15) is 18.4 Å². The Hall–Kier alpha value is -4.50. The molecule has 0 spiro atoms. The Morgan fingerprint density at radius 1 is 0.822 bits per heavy atom. The van der Waals surface area contributed by atoms with E-state index in [1.54, 1.807) is 12.1 Å². The molecule has 1 aliphatic rings. The van der Waals surface area contributed by atoms with Crippen LogP contribution in [0, 0.1) is 12.7 Å². The van der Waals surface area contributed by atoms with E-state index in [1.165, 1.54) is 35.2 Å². The molecule has 4 aromatic rings. The summed E-state index contributed by atoms with van der Waals surface area (Å²) in [5, 5.41) is 3.15. The summed E-state index contributed by atoms with van der Waals surface area (Å²) < 4.78 is 44.2. The summed E-state index contributed by atoms with van der Waals surface area (Å²) in [6.07, 6.45) is 4.01. The maximum atomic E-state index is 15.3. The number of sulfonamides is 1. The Morgan fingerprint density at radius 3 is 2.02 bits per heavy atom. The van der Waals surface area contributed by atoms with Crippen LogP contribution in [-0.4, -0.2) is 43.8 Å². The molecule has 1 aliphatic carbocycles. The number of carbonyl (C=O) groups excluding carboxylic acids is 2. The monoisotopic (exact) mass is 627 g/mol. The van der Waals surface area contributed by atoms with Crippen LogP contribution in [0.4, 0.5) is 10.1 Å². The van der Waals surface area contributed by atoms with Crippen LogP contribution in [0.25, 0.3) is 0 Å². The van der Waals surface area contributed by atoms with Crippen LogP contribution >= 0.6 is 0 Å². The van der Waals surface area contributed by atoms with Gasteiger partial charge in [0.05, 0.1) is 10.6 Å². The van der Waals surface area contributed by atoms with E-state index < -0.39 is 34.3 Å². The van der Waals surface area contributed by atoms with Crippen molar-refractivity contribution < 1.29 is 22.4 Å². The van der Waals surface area contributed by atoms with E-state index in [-0.39, 0.29) is 35.5 Å². The molecule has 0 aliphatic heterocycles. The highest BCUT2D eigenvalue weighted by Gasteiger charge is 2.36. The van der Waals surface area contributed by atoms with Crippen molar-refractivity contribution >= 4 is 27.5 Å². The number of halogens is 1. The highest BCUT2D eigenvalue weighted by molar-refractivity contribution is 7.92. The Bertz CT molecular complexity index is 1690. The highest BCUT2D eigenvalue weighted by atomic mass is 32.2. The van der Waals surface area contributed by atoms with Crippen LogP contribution < -0.4 is 9.62 Å². The number of para-hydroxylation sites is 1. The third-order valence-corrected chi connectivity index (χ3v) is 9.95. The first-order chi connectivity index (χ1) is 21.7. The molecule has 1 unspecified atom stereocenters. The van der Waals surface area contributed by atoms with Gasteiger partial charge in [-0.2, -0.15) is 0 Å². The minimum absolute atomic E-state index is 0.0151. The number of benzene rings is 4. The van der Waals surface area contributed by atoms with Crippen molar-refractivity contribution in [2.75, 3.05) is 10.8 Å². The van der Waals surface area contributed by atoms with E-state index in [1.807, 2.05) is 67.6 Å². The van der Waals surface area contributed by atoms with Crippen LogP contribution in [-0.2, 0) is 32.6 Å². The van der Waals surface area contributed by atoms with Gasteiger partial charge in [-0.1, -0.05) is 103 Å². The quantitative estimate of drug-likeness (QED) is 0.208. The third-order valence-electron chi connectivity index (χ3n) is 8.18. The summed E-state index contributed by atoms with van der Waals surface area (Å²) in [6.45, 7) is 1.19. The molecule has 0 radical (unpaired) electrons. The van der Waals surface area contributed by atoms with Gasteiger partial charge in [-0.25, -0.2) is 12.8 Å².